The fourth-order valence-corrected chi connectivity index (χ4v) is 4.88. The maximum atomic E-state index is 13.5. The maximum absolute atomic E-state index is 13.5. The summed E-state index contributed by atoms with van der Waals surface area (Å²) >= 11 is 6.17. The molecule has 35 heavy (non-hydrogen) atoms. The van der Waals surface area contributed by atoms with Gasteiger partial charge in [0.15, 0.2) is 0 Å². The first-order chi connectivity index (χ1) is 16.6. The molecule has 0 aliphatic rings. The predicted molar refractivity (Wildman–Crippen MR) is 135 cm³/mol. The molecule has 0 saturated carbocycles. The fraction of sp³-hybridized carbons (Fsp3) is 0.200. The van der Waals surface area contributed by atoms with Gasteiger partial charge in [-0.25, -0.2) is 13.2 Å². The molecule has 0 unspecified atom stereocenters. The Bertz CT molecular complexity index is 1310. The first-order valence-corrected chi connectivity index (χ1v) is 12.5. The Morgan fingerprint density at radius 3 is 2.23 bits per heavy atom. The number of halogens is 1. The molecule has 1 N–H and O–H groups in total. The molecule has 3 rings (SSSR count). The Balaban J connectivity index is 1.88. The molecule has 0 fully saturated rings. The number of hydrogen-bond donors (Lipinski definition) is 1. The number of nitrogens with one attached hydrogen (secondary N) is 1. The zero-order chi connectivity index (χ0) is 25.6. The summed E-state index contributed by atoms with van der Waals surface area (Å²) in [5.74, 6) is -0.635. The molecule has 0 aliphatic heterocycles. The number of carbonyl (C=O) groups excluding carboxylic acids is 2. The van der Waals surface area contributed by atoms with Gasteiger partial charge in [0, 0.05) is 5.69 Å². The van der Waals surface area contributed by atoms with E-state index in [1.54, 1.807) is 43.3 Å². The van der Waals surface area contributed by atoms with Crippen molar-refractivity contribution in [1.29, 1.82) is 0 Å². The van der Waals surface area contributed by atoms with Gasteiger partial charge in [-0.15, -0.1) is 0 Å². The van der Waals surface area contributed by atoms with Gasteiger partial charge >= 0.3 is 5.97 Å². The number of amides is 1. The van der Waals surface area contributed by atoms with Crippen LogP contribution in [-0.2, 0) is 19.6 Å². The molecule has 3 aromatic rings. The standard InChI is InChI=1S/C25H25ClN2O6S/c1-4-34-25(30)22-14-7-18(15-23(22)26)27-24(29)16-28(19-8-10-20(33-3)11-9-19)35(31,32)21-12-5-17(2)6-13-21/h5-15H,4,16H2,1-3H3,(H,27,29). The van der Waals surface area contributed by atoms with E-state index in [0.717, 1.165) is 9.87 Å². The zero-order valence-electron chi connectivity index (χ0n) is 19.4. The molecule has 3 aromatic carbocycles. The summed E-state index contributed by atoms with van der Waals surface area (Å²) in [6.45, 7) is 3.23. The first kappa shape index (κ1) is 26.1. The molecule has 0 aliphatic carbocycles. The quantitative estimate of drug-likeness (QED) is 0.415. The van der Waals surface area contributed by atoms with Gasteiger partial charge in [-0.05, 0) is 68.4 Å². The summed E-state index contributed by atoms with van der Waals surface area (Å²) in [5, 5.41) is 2.73. The predicted octanol–water partition coefficient (Wildman–Crippen LogP) is 4.67. The highest BCUT2D eigenvalue weighted by molar-refractivity contribution is 7.92. The zero-order valence-corrected chi connectivity index (χ0v) is 21.0. The van der Waals surface area contributed by atoms with E-state index in [-0.39, 0.29) is 27.8 Å². The van der Waals surface area contributed by atoms with Crippen LogP contribution in [0.2, 0.25) is 5.02 Å². The van der Waals surface area contributed by atoms with Gasteiger partial charge in [-0.2, -0.15) is 0 Å². The Hall–Kier alpha value is -3.56. The molecule has 0 saturated heterocycles. The smallest absolute Gasteiger partial charge is 0.339 e. The number of rotatable bonds is 9. The van der Waals surface area contributed by atoms with Crippen LogP contribution >= 0.6 is 11.6 Å². The lowest BCUT2D eigenvalue weighted by molar-refractivity contribution is -0.114. The minimum Gasteiger partial charge on any atom is -0.497 e. The molecule has 1 amide bonds. The van der Waals surface area contributed by atoms with Crippen molar-refractivity contribution in [2.24, 2.45) is 0 Å². The summed E-state index contributed by atoms with van der Waals surface area (Å²) in [6.07, 6.45) is 0. The van der Waals surface area contributed by atoms with Crippen molar-refractivity contribution in [2.75, 3.05) is 29.9 Å². The second kappa shape index (κ2) is 11.2. The highest BCUT2D eigenvalue weighted by atomic mass is 35.5. The summed E-state index contributed by atoms with van der Waals surface area (Å²) in [5.41, 5.74) is 1.65. The van der Waals surface area contributed by atoms with Crippen LogP contribution in [-0.4, -0.2) is 40.6 Å². The van der Waals surface area contributed by atoms with E-state index in [1.165, 1.54) is 37.4 Å². The van der Waals surface area contributed by atoms with Crippen LogP contribution < -0.4 is 14.4 Å². The van der Waals surface area contributed by atoms with Gasteiger partial charge in [-0.3, -0.25) is 9.10 Å². The Morgan fingerprint density at radius 2 is 1.66 bits per heavy atom. The van der Waals surface area contributed by atoms with Crippen molar-refractivity contribution in [1.82, 2.24) is 0 Å². The molecule has 10 heteroatoms. The second-order valence-electron chi connectivity index (χ2n) is 7.49. The van der Waals surface area contributed by atoms with E-state index in [4.69, 9.17) is 21.1 Å². The fourth-order valence-electron chi connectivity index (χ4n) is 3.20. The van der Waals surface area contributed by atoms with Crippen LogP contribution in [0.25, 0.3) is 0 Å². The normalized spacial score (nSPS) is 11.0. The highest BCUT2D eigenvalue weighted by Crippen LogP contribution is 2.27. The van der Waals surface area contributed by atoms with E-state index in [1.807, 2.05) is 6.92 Å². The largest absolute Gasteiger partial charge is 0.497 e. The van der Waals surface area contributed by atoms with Crippen LogP contribution in [0.3, 0.4) is 0 Å². The Morgan fingerprint density at radius 1 is 1.00 bits per heavy atom. The average Bonchev–Trinajstić information content (AvgIpc) is 2.83. The van der Waals surface area contributed by atoms with Crippen molar-refractivity contribution < 1.29 is 27.5 Å². The lowest BCUT2D eigenvalue weighted by Gasteiger charge is -2.24. The summed E-state index contributed by atoms with van der Waals surface area (Å²) in [6, 6.07) is 17.0. The molecule has 8 nitrogen and oxygen atoms in total. The number of esters is 1. The third kappa shape index (κ3) is 6.32. The third-order valence-electron chi connectivity index (χ3n) is 5.00. The van der Waals surface area contributed by atoms with E-state index < -0.39 is 28.4 Å². The topological polar surface area (TPSA) is 102 Å². The van der Waals surface area contributed by atoms with Gasteiger partial charge in [0.1, 0.15) is 12.3 Å². The van der Waals surface area contributed by atoms with E-state index in [9.17, 15) is 18.0 Å². The second-order valence-corrected chi connectivity index (χ2v) is 9.76. The number of sulfonamides is 1. The van der Waals surface area contributed by atoms with Crippen molar-refractivity contribution in [3.63, 3.8) is 0 Å². The molecule has 0 atom stereocenters. The van der Waals surface area contributed by atoms with E-state index in [2.05, 4.69) is 5.32 Å². The van der Waals surface area contributed by atoms with Gasteiger partial charge in [0.05, 0.1) is 34.9 Å². The summed E-state index contributed by atoms with van der Waals surface area (Å²) < 4.78 is 38.0. The molecular formula is C25H25ClN2O6S. The Labute approximate surface area is 209 Å². The summed E-state index contributed by atoms with van der Waals surface area (Å²) in [7, 11) is -2.56. The summed E-state index contributed by atoms with van der Waals surface area (Å²) in [4.78, 5) is 24.9. The Kier molecular flexibility index (Phi) is 8.37. The van der Waals surface area contributed by atoms with E-state index >= 15 is 0 Å². The minimum atomic E-state index is -4.07. The van der Waals surface area contributed by atoms with Crippen LogP contribution in [0.4, 0.5) is 11.4 Å². The number of aryl methyl sites for hydroxylation is 1. The average molecular weight is 517 g/mol. The number of methoxy groups -OCH3 is 1. The van der Waals surface area contributed by atoms with Gasteiger partial charge in [-0.1, -0.05) is 29.3 Å². The van der Waals surface area contributed by atoms with Crippen molar-refractivity contribution in [2.45, 2.75) is 18.7 Å². The van der Waals surface area contributed by atoms with Crippen LogP contribution in [0.1, 0.15) is 22.8 Å². The highest BCUT2D eigenvalue weighted by Gasteiger charge is 2.27. The number of hydrogen-bond acceptors (Lipinski definition) is 6. The van der Waals surface area contributed by atoms with Gasteiger partial charge < -0.3 is 14.8 Å². The number of ether oxygens (including phenoxy) is 2. The number of nitrogens with zero attached hydrogens (tertiary/aromatic N) is 1. The molecule has 0 heterocycles. The lowest BCUT2D eigenvalue weighted by atomic mass is 10.2. The number of benzene rings is 3. The van der Waals surface area contributed by atoms with E-state index in [0.29, 0.717) is 11.4 Å². The van der Waals surface area contributed by atoms with Crippen molar-refractivity contribution in [3.8, 4) is 5.75 Å². The van der Waals surface area contributed by atoms with Gasteiger partial charge in [0.25, 0.3) is 10.0 Å². The van der Waals surface area contributed by atoms with Crippen LogP contribution in [0, 0.1) is 6.92 Å². The lowest BCUT2D eigenvalue weighted by Crippen LogP contribution is -2.38. The number of carbonyl (C=O) groups is 2. The maximum Gasteiger partial charge on any atom is 0.339 e. The van der Waals surface area contributed by atoms with Crippen LogP contribution in [0.15, 0.2) is 71.6 Å². The SMILES string of the molecule is CCOC(=O)c1ccc(NC(=O)CN(c2ccc(OC)cc2)S(=O)(=O)c2ccc(C)cc2)cc1Cl. The van der Waals surface area contributed by atoms with Gasteiger partial charge in [0.2, 0.25) is 5.91 Å². The molecule has 0 bridgehead atoms. The minimum absolute atomic E-state index is 0.0496. The third-order valence-corrected chi connectivity index (χ3v) is 7.11. The van der Waals surface area contributed by atoms with Crippen molar-refractivity contribution >= 4 is 44.9 Å². The molecular weight excluding hydrogens is 492 g/mol. The molecule has 0 aromatic heterocycles. The van der Waals surface area contributed by atoms with Crippen molar-refractivity contribution in [3.05, 3.63) is 82.9 Å². The molecule has 184 valence electrons. The number of anilines is 2. The van der Waals surface area contributed by atoms with Crippen LogP contribution in [0.5, 0.6) is 5.75 Å². The molecule has 0 radical (unpaired) electrons. The monoisotopic (exact) mass is 516 g/mol. The molecule has 0 spiro atoms. The first-order valence-electron chi connectivity index (χ1n) is 10.7.